The molecule has 0 saturated heterocycles. The number of rotatable bonds is 6. The van der Waals surface area contributed by atoms with E-state index in [0.29, 0.717) is 0 Å². The van der Waals surface area contributed by atoms with Crippen molar-refractivity contribution in [1.82, 2.24) is 9.71 Å². The maximum absolute atomic E-state index is 13.2. The molecular weight excluding hydrogens is 452 g/mol. The van der Waals surface area contributed by atoms with Gasteiger partial charge in [-0.15, -0.1) is 22.7 Å². The minimum absolute atomic E-state index is 0.0771. The van der Waals surface area contributed by atoms with Crippen molar-refractivity contribution in [1.29, 1.82) is 0 Å². The van der Waals surface area contributed by atoms with Gasteiger partial charge in [-0.25, -0.2) is 13.4 Å². The van der Waals surface area contributed by atoms with Gasteiger partial charge in [0.2, 0.25) is 0 Å². The Kier molecular flexibility index (Phi) is 4.74. The number of carbonyl (C=O) groups is 1. The summed E-state index contributed by atoms with van der Waals surface area (Å²) in [7, 11) is -4.03. The normalized spacial score (nSPS) is 23.1. The highest BCUT2D eigenvalue weighted by molar-refractivity contribution is 7.91. The quantitative estimate of drug-likeness (QED) is 0.431. The van der Waals surface area contributed by atoms with E-state index in [1.54, 1.807) is 13.0 Å². The van der Waals surface area contributed by atoms with Crippen LogP contribution in [0.5, 0.6) is 0 Å². The average Bonchev–Trinajstić information content (AvgIpc) is 3.16. The highest BCUT2D eigenvalue weighted by atomic mass is 32.2. The summed E-state index contributed by atoms with van der Waals surface area (Å²) in [5.41, 5.74) is 0.113. The summed E-state index contributed by atoms with van der Waals surface area (Å²) in [6.45, 7) is 1.76. The first kappa shape index (κ1) is 20.3. The van der Waals surface area contributed by atoms with Gasteiger partial charge in [-0.3, -0.25) is 4.79 Å². The van der Waals surface area contributed by atoms with Gasteiger partial charge in [0.25, 0.3) is 10.0 Å². The number of para-hydroxylation sites is 1. The molecule has 158 valence electrons. The lowest BCUT2D eigenvalue weighted by Gasteiger charge is -2.15. The molecule has 0 bridgehead atoms. The summed E-state index contributed by atoms with van der Waals surface area (Å²) in [5, 5.41) is 10.7. The van der Waals surface area contributed by atoms with Gasteiger partial charge in [-0.2, -0.15) is 4.72 Å². The third-order valence-corrected chi connectivity index (χ3v) is 10.0. The molecule has 6 nitrogen and oxygen atoms in total. The Balaban J connectivity index is 1.46. The van der Waals surface area contributed by atoms with Gasteiger partial charge < -0.3 is 5.11 Å². The smallest absolute Gasteiger partial charge is 0.325 e. The van der Waals surface area contributed by atoms with Crippen LogP contribution in [0, 0.1) is 5.92 Å². The van der Waals surface area contributed by atoms with E-state index in [-0.39, 0.29) is 10.1 Å². The maximum Gasteiger partial charge on any atom is 0.325 e. The van der Waals surface area contributed by atoms with E-state index in [1.807, 2.05) is 54.6 Å². The molecule has 3 atom stereocenters. The fraction of sp³-hybridized carbons (Fsp3) is 0.182. The number of aromatic nitrogens is 1. The van der Waals surface area contributed by atoms with E-state index in [2.05, 4.69) is 9.71 Å². The van der Waals surface area contributed by atoms with E-state index >= 15 is 0 Å². The van der Waals surface area contributed by atoms with Gasteiger partial charge in [0.05, 0.1) is 15.1 Å². The summed E-state index contributed by atoms with van der Waals surface area (Å²) in [5.74, 6) is -1.96. The molecule has 2 N–H and O–H groups in total. The Morgan fingerprint density at radius 3 is 2.45 bits per heavy atom. The molecule has 1 saturated carbocycles. The summed E-state index contributed by atoms with van der Waals surface area (Å²) in [6, 6.07) is 20.1. The first-order valence-electron chi connectivity index (χ1n) is 9.61. The Bertz CT molecular complexity index is 1360. The molecule has 5 rings (SSSR count). The third-order valence-electron chi connectivity index (χ3n) is 5.77. The van der Waals surface area contributed by atoms with Gasteiger partial charge >= 0.3 is 5.97 Å². The van der Waals surface area contributed by atoms with E-state index in [9.17, 15) is 18.3 Å². The SMILES string of the molecule is CC1[C@H](c2ccccc2)[C@]1(NS(=O)(=O)c1ccc(-c2nc3ccccc3s2)s1)C(=O)O. The fourth-order valence-electron chi connectivity index (χ4n) is 4.13. The summed E-state index contributed by atoms with van der Waals surface area (Å²) < 4.78 is 29.9. The molecular formula is C22H18N2O4S3. The zero-order valence-corrected chi connectivity index (χ0v) is 18.8. The number of nitrogens with one attached hydrogen (secondary N) is 1. The van der Waals surface area contributed by atoms with Crippen molar-refractivity contribution < 1.29 is 18.3 Å². The maximum atomic E-state index is 13.2. The molecule has 31 heavy (non-hydrogen) atoms. The molecule has 2 aromatic carbocycles. The first-order chi connectivity index (χ1) is 14.8. The van der Waals surface area contributed by atoms with Gasteiger partial charge in [0.1, 0.15) is 14.8 Å². The van der Waals surface area contributed by atoms with Crippen molar-refractivity contribution in [3.05, 3.63) is 72.3 Å². The third kappa shape index (κ3) is 3.28. The Morgan fingerprint density at radius 2 is 1.74 bits per heavy atom. The molecule has 2 heterocycles. The van der Waals surface area contributed by atoms with E-state index in [4.69, 9.17) is 0 Å². The Labute approximate surface area is 187 Å². The molecule has 2 aromatic heterocycles. The predicted molar refractivity (Wildman–Crippen MR) is 122 cm³/mol. The molecule has 9 heteroatoms. The lowest BCUT2D eigenvalue weighted by Crippen LogP contribution is -2.45. The van der Waals surface area contributed by atoms with Crippen LogP contribution in [0.25, 0.3) is 20.1 Å². The second-order valence-electron chi connectivity index (χ2n) is 7.56. The first-order valence-corrected chi connectivity index (χ1v) is 12.7. The van der Waals surface area contributed by atoms with Crippen LogP contribution in [-0.4, -0.2) is 30.0 Å². The van der Waals surface area contributed by atoms with Crippen LogP contribution in [0.2, 0.25) is 0 Å². The Morgan fingerprint density at radius 1 is 1.03 bits per heavy atom. The van der Waals surface area contributed by atoms with E-state index < -0.39 is 27.4 Å². The summed E-state index contributed by atoms with van der Waals surface area (Å²) in [4.78, 5) is 17.5. The van der Waals surface area contributed by atoms with Crippen LogP contribution in [-0.2, 0) is 14.8 Å². The molecule has 0 radical (unpaired) electrons. The number of aliphatic carboxylic acids is 1. The van der Waals surface area contributed by atoms with Crippen LogP contribution < -0.4 is 4.72 Å². The summed E-state index contributed by atoms with van der Waals surface area (Å²) in [6.07, 6.45) is 0. The molecule has 1 fully saturated rings. The number of fused-ring (bicyclic) bond motifs is 1. The van der Waals surface area contributed by atoms with Crippen LogP contribution in [0.3, 0.4) is 0 Å². The van der Waals surface area contributed by atoms with Crippen molar-refractivity contribution in [2.45, 2.75) is 22.6 Å². The van der Waals surface area contributed by atoms with Crippen molar-refractivity contribution in [2.75, 3.05) is 0 Å². The number of sulfonamides is 1. The molecule has 0 amide bonds. The number of carboxylic acids is 1. The number of nitrogens with zero attached hydrogens (tertiary/aromatic N) is 1. The molecule has 1 aliphatic carbocycles. The number of benzene rings is 2. The number of hydrogen-bond acceptors (Lipinski definition) is 6. The number of carboxylic acid groups (broad SMARTS) is 1. The van der Waals surface area contributed by atoms with Crippen LogP contribution in [0.1, 0.15) is 18.4 Å². The van der Waals surface area contributed by atoms with Gasteiger partial charge in [-0.05, 0) is 35.7 Å². The van der Waals surface area contributed by atoms with Gasteiger partial charge in [-0.1, -0.05) is 49.4 Å². The zero-order valence-electron chi connectivity index (χ0n) is 16.3. The van der Waals surface area contributed by atoms with Gasteiger partial charge in [0, 0.05) is 5.92 Å². The Hall–Kier alpha value is -2.59. The lowest BCUT2D eigenvalue weighted by molar-refractivity contribution is -0.140. The number of hydrogen-bond donors (Lipinski definition) is 2. The van der Waals surface area contributed by atoms with Gasteiger partial charge in [0.15, 0.2) is 0 Å². The van der Waals surface area contributed by atoms with Crippen LogP contribution in [0.15, 0.2) is 70.9 Å². The van der Waals surface area contributed by atoms with E-state index in [1.165, 1.54) is 17.4 Å². The fourth-order valence-corrected chi connectivity index (χ4v) is 7.91. The molecule has 0 spiro atoms. The van der Waals surface area contributed by atoms with Crippen molar-refractivity contribution >= 4 is 48.9 Å². The standard InChI is InChI=1S/C22H18N2O4S3/c1-13-19(14-7-3-2-4-8-14)22(13,21(25)26)24-31(27,28)18-12-11-17(29-18)20-23-15-9-5-6-10-16(15)30-20/h2-13,19,24H,1H3,(H,25,26)/t13?,19-,22+/m1/s1. The second kappa shape index (κ2) is 7.23. The molecule has 0 aliphatic heterocycles. The van der Waals surface area contributed by atoms with Crippen molar-refractivity contribution in [2.24, 2.45) is 5.92 Å². The van der Waals surface area contributed by atoms with Crippen LogP contribution >= 0.6 is 22.7 Å². The topological polar surface area (TPSA) is 96.4 Å². The molecule has 1 aliphatic rings. The highest BCUT2D eigenvalue weighted by Gasteiger charge is 2.70. The number of thiophene rings is 1. The van der Waals surface area contributed by atoms with E-state index in [0.717, 1.165) is 37.0 Å². The monoisotopic (exact) mass is 470 g/mol. The predicted octanol–water partition coefficient (Wildman–Crippen LogP) is 4.56. The number of thiazole rings is 1. The average molecular weight is 471 g/mol. The molecule has 4 aromatic rings. The molecule has 1 unspecified atom stereocenters. The van der Waals surface area contributed by atoms with Crippen molar-refractivity contribution in [3.8, 4) is 9.88 Å². The minimum Gasteiger partial charge on any atom is -0.480 e. The lowest BCUT2D eigenvalue weighted by atomic mass is 10.1. The van der Waals surface area contributed by atoms with Crippen LogP contribution in [0.4, 0.5) is 0 Å². The van der Waals surface area contributed by atoms with Crippen molar-refractivity contribution in [3.63, 3.8) is 0 Å². The minimum atomic E-state index is -4.03. The summed E-state index contributed by atoms with van der Waals surface area (Å²) >= 11 is 2.58. The highest BCUT2D eigenvalue weighted by Crippen LogP contribution is 2.58. The zero-order chi connectivity index (χ0) is 21.8. The second-order valence-corrected chi connectivity index (χ2v) is 11.6. The largest absolute Gasteiger partial charge is 0.480 e.